The van der Waals surface area contributed by atoms with Gasteiger partial charge in [0.05, 0.1) is 14.2 Å². The largest absolute Gasteiger partial charge is 0.496 e. The van der Waals surface area contributed by atoms with Gasteiger partial charge in [-0.3, -0.25) is 0 Å². The predicted molar refractivity (Wildman–Crippen MR) is 93.7 cm³/mol. The van der Waals surface area contributed by atoms with E-state index in [1.54, 1.807) is 14.2 Å². The Morgan fingerprint density at radius 1 is 0.955 bits per heavy atom. The maximum Gasteiger partial charge on any atom is 0.123 e. The molecule has 0 aromatic heterocycles. The van der Waals surface area contributed by atoms with Gasteiger partial charge in [-0.15, -0.1) is 12.4 Å². The summed E-state index contributed by atoms with van der Waals surface area (Å²) in [5.74, 6) is 1.78. The van der Waals surface area contributed by atoms with Crippen LogP contribution >= 0.6 is 24.0 Å². The first kappa shape index (κ1) is 18.6. The summed E-state index contributed by atoms with van der Waals surface area (Å²) in [6.45, 7) is 1.58. The Balaban J connectivity index is 0.00000242. The second kappa shape index (κ2) is 9.57. The second-order valence-electron chi connectivity index (χ2n) is 4.69. The lowest BCUT2D eigenvalue weighted by Crippen LogP contribution is -2.17. The quantitative estimate of drug-likeness (QED) is 0.768. The zero-order chi connectivity index (χ0) is 15.1. The van der Waals surface area contributed by atoms with Crippen LogP contribution in [0.2, 0.25) is 5.02 Å². The van der Waals surface area contributed by atoms with Crippen molar-refractivity contribution in [3.05, 3.63) is 58.6 Å². The lowest BCUT2D eigenvalue weighted by molar-refractivity contribution is 0.406. The van der Waals surface area contributed by atoms with Crippen molar-refractivity contribution in [2.24, 2.45) is 0 Å². The van der Waals surface area contributed by atoms with Crippen LogP contribution in [0.1, 0.15) is 11.1 Å². The van der Waals surface area contributed by atoms with E-state index in [2.05, 4.69) is 11.4 Å². The summed E-state index contributed by atoms with van der Waals surface area (Å²) in [5.41, 5.74) is 2.26. The number of benzene rings is 2. The van der Waals surface area contributed by atoms with E-state index in [9.17, 15) is 0 Å². The third-order valence-corrected chi connectivity index (χ3v) is 3.56. The van der Waals surface area contributed by atoms with Crippen LogP contribution in [0.25, 0.3) is 0 Å². The molecule has 0 spiro atoms. The molecule has 0 aliphatic rings. The first-order valence-electron chi connectivity index (χ1n) is 6.89. The molecule has 5 heteroatoms. The van der Waals surface area contributed by atoms with Gasteiger partial charge in [0.1, 0.15) is 11.5 Å². The number of ether oxygens (including phenoxy) is 2. The SMILES string of the molecule is COc1ccccc1CCNCc1cc(Cl)ccc1OC.Cl. The third-order valence-electron chi connectivity index (χ3n) is 3.32. The molecule has 2 aromatic carbocycles. The average molecular weight is 342 g/mol. The van der Waals surface area contributed by atoms with Gasteiger partial charge < -0.3 is 14.8 Å². The Hall–Kier alpha value is -1.42. The summed E-state index contributed by atoms with van der Waals surface area (Å²) in [5, 5.41) is 4.13. The van der Waals surface area contributed by atoms with Crippen LogP contribution in [0.5, 0.6) is 11.5 Å². The minimum Gasteiger partial charge on any atom is -0.496 e. The normalized spacial score (nSPS) is 9.95. The number of methoxy groups -OCH3 is 2. The van der Waals surface area contributed by atoms with E-state index in [4.69, 9.17) is 21.1 Å². The van der Waals surface area contributed by atoms with Gasteiger partial charge in [0.25, 0.3) is 0 Å². The van der Waals surface area contributed by atoms with Gasteiger partial charge in [-0.1, -0.05) is 29.8 Å². The van der Waals surface area contributed by atoms with Crippen molar-refractivity contribution in [1.29, 1.82) is 0 Å². The molecule has 0 saturated carbocycles. The van der Waals surface area contributed by atoms with E-state index in [1.165, 1.54) is 5.56 Å². The standard InChI is InChI=1S/C17H20ClNO2.ClH/c1-20-16-6-4-3-5-13(16)9-10-19-12-14-11-15(18)7-8-17(14)21-2;/h3-8,11,19H,9-10,12H2,1-2H3;1H. The van der Waals surface area contributed by atoms with Gasteiger partial charge in [-0.25, -0.2) is 0 Å². The molecule has 22 heavy (non-hydrogen) atoms. The lowest BCUT2D eigenvalue weighted by atomic mass is 10.1. The summed E-state index contributed by atoms with van der Waals surface area (Å²) >= 11 is 6.02. The molecule has 0 heterocycles. The number of halogens is 2. The molecule has 1 N–H and O–H groups in total. The Morgan fingerprint density at radius 3 is 2.36 bits per heavy atom. The molecule has 3 nitrogen and oxygen atoms in total. The van der Waals surface area contributed by atoms with Gasteiger partial charge >= 0.3 is 0 Å². The van der Waals surface area contributed by atoms with Gasteiger partial charge in [0.2, 0.25) is 0 Å². The minimum absolute atomic E-state index is 0. The van der Waals surface area contributed by atoms with Crippen molar-refractivity contribution >= 4 is 24.0 Å². The van der Waals surface area contributed by atoms with E-state index < -0.39 is 0 Å². The van der Waals surface area contributed by atoms with Crippen molar-refractivity contribution in [1.82, 2.24) is 5.32 Å². The molecule has 0 amide bonds. The van der Waals surface area contributed by atoms with Crippen molar-refractivity contribution in [2.75, 3.05) is 20.8 Å². The van der Waals surface area contributed by atoms with Gasteiger partial charge in [-0.05, 0) is 42.8 Å². The molecule has 0 aliphatic carbocycles. The molecule has 0 bridgehead atoms. The molecule has 2 aromatic rings. The van der Waals surface area contributed by atoms with Crippen LogP contribution in [0.3, 0.4) is 0 Å². The molecule has 0 unspecified atom stereocenters. The summed E-state index contributed by atoms with van der Waals surface area (Å²) in [6, 6.07) is 13.7. The number of nitrogens with one attached hydrogen (secondary N) is 1. The van der Waals surface area contributed by atoms with Crippen molar-refractivity contribution in [3.8, 4) is 11.5 Å². The van der Waals surface area contributed by atoms with E-state index in [-0.39, 0.29) is 12.4 Å². The molecular weight excluding hydrogens is 321 g/mol. The van der Waals surface area contributed by atoms with E-state index in [0.29, 0.717) is 0 Å². The van der Waals surface area contributed by atoms with E-state index >= 15 is 0 Å². The molecule has 0 atom stereocenters. The number of para-hydroxylation sites is 1. The highest BCUT2D eigenvalue weighted by atomic mass is 35.5. The maximum absolute atomic E-state index is 6.02. The molecule has 2 rings (SSSR count). The molecule has 0 radical (unpaired) electrons. The highest BCUT2D eigenvalue weighted by Crippen LogP contribution is 2.22. The minimum atomic E-state index is 0. The number of hydrogen-bond donors (Lipinski definition) is 1. The second-order valence-corrected chi connectivity index (χ2v) is 5.13. The molecule has 0 fully saturated rings. The number of hydrogen-bond acceptors (Lipinski definition) is 3. The smallest absolute Gasteiger partial charge is 0.123 e. The van der Waals surface area contributed by atoms with Gasteiger partial charge in [-0.2, -0.15) is 0 Å². The van der Waals surface area contributed by atoms with Crippen LogP contribution in [-0.4, -0.2) is 20.8 Å². The zero-order valence-corrected chi connectivity index (χ0v) is 14.3. The topological polar surface area (TPSA) is 30.5 Å². The molecule has 120 valence electrons. The molecule has 0 aliphatic heterocycles. The van der Waals surface area contributed by atoms with Crippen LogP contribution < -0.4 is 14.8 Å². The Morgan fingerprint density at radius 2 is 1.64 bits per heavy atom. The average Bonchev–Trinajstić information content (AvgIpc) is 2.52. The van der Waals surface area contributed by atoms with E-state index in [0.717, 1.165) is 41.6 Å². The monoisotopic (exact) mass is 341 g/mol. The fraction of sp³-hybridized carbons (Fsp3) is 0.294. The Bertz CT molecular complexity index is 591. The highest BCUT2D eigenvalue weighted by molar-refractivity contribution is 6.30. The first-order chi connectivity index (χ1) is 10.2. The predicted octanol–water partition coefficient (Wildman–Crippen LogP) is 4.11. The summed E-state index contributed by atoms with van der Waals surface area (Å²) in [4.78, 5) is 0. The first-order valence-corrected chi connectivity index (χ1v) is 7.27. The molecule has 0 saturated heterocycles. The Labute approximate surface area is 143 Å². The fourth-order valence-corrected chi connectivity index (χ4v) is 2.44. The van der Waals surface area contributed by atoms with E-state index in [1.807, 2.05) is 36.4 Å². The fourth-order valence-electron chi connectivity index (χ4n) is 2.24. The maximum atomic E-state index is 6.02. The van der Waals surface area contributed by atoms with Crippen LogP contribution in [-0.2, 0) is 13.0 Å². The molecular formula is C17H21Cl2NO2. The summed E-state index contributed by atoms with van der Waals surface area (Å²) in [6.07, 6.45) is 0.910. The van der Waals surface area contributed by atoms with Crippen LogP contribution in [0.15, 0.2) is 42.5 Å². The summed E-state index contributed by atoms with van der Waals surface area (Å²) in [7, 11) is 3.37. The van der Waals surface area contributed by atoms with Crippen molar-refractivity contribution in [3.63, 3.8) is 0 Å². The Kier molecular flexibility index (Phi) is 8.10. The third kappa shape index (κ3) is 5.09. The van der Waals surface area contributed by atoms with Gasteiger partial charge in [0, 0.05) is 17.1 Å². The van der Waals surface area contributed by atoms with Crippen molar-refractivity contribution < 1.29 is 9.47 Å². The van der Waals surface area contributed by atoms with Crippen molar-refractivity contribution in [2.45, 2.75) is 13.0 Å². The van der Waals surface area contributed by atoms with Crippen LogP contribution in [0.4, 0.5) is 0 Å². The summed E-state index contributed by atoms with van der Waals surface area (Å²) < 4.78 is 10.7. The number of rotatable bonds is 7. The zero-order valence-electron chi connectivity index (χ0n) is 12.8. The van der Waals surface area contributed by atoms with Crippen LogP contribution in [0, 0.1) is 0 Å². The highest BCUT2D eigenvalue weighted by Gasteiger charge is 2.04. The van der Waals surface area contributed by atoms with Gasteiger partial charge in [0.15, 0.2) is 0 Å². The lowest BCUT2D eigenvalue weighted by Gasteiger charge is -2.11.